The van der Waals surface area contributed by atoms with E-state index in [0.717, 1.165) is 0 Å². The molecule has 0 atom stereocenters. The van der Waals surface area contributed by atoms with Crippen LogP contribution in [-0.4, -0.2) is 38.7 Å². The fourth-order valence-corrected chi connectivity index (χ4v) is 3.13. The number of guanidine groups is 1. The smallest absolute Gasteiger partial charge is 0.264 e. The predicted octanol–water partition coefficient (Wildman–Crippen LogP) is 0.957. The first-order valence-corrected chi connectivity index (χ1v) is 8.21. The van der Waals surface area contributed by atoms with Gasteiger partial charge in [-0.1, -0.05) is 11.6 Å². The zero-order valence-electron chi connectivity index (χ0n) is 10.7. The van der Waals surface area contributed by atoms with Gasteiger partial charge in [0.2, 0.25) is 5.96 Å². The highest BCUT2D eigenvalue weighted by Gasteiger charge is 2.30. The lowest BCUT2D eigenvalue weighted by Gasteiger charge is -2.26. The maximum atomic E-state index is 12.2. The second-order valence-corrected chi connectivity index (χ2v) is 6.98. The Bertz CT molecular complexity index is 625. The van der Waals surface area contributed by atoms with E-state index in [1.807, 2.05) is 0 Å². The van der Waals surface area contributed by atoms with Crippen LogP contribution in [-0.2, 0) is 10.0 Å². The number of hydrogen-bond donors (Lipinski definition) is 2. The van der Waals surface area contributed by atoms with Gasteiger partial charge in [0.15, 0.2) is 0 Å². The molecule has 1 fully saturated rings. The normalized spacial score (nSPS) is 20.1. The van der Waals surface area contributed by atoms with E-state index in [0.29, 0.717) is 24.4 Å². The zero-order valence-corrected chi connectivity index (χ0v) is 12.3. The van der Waals surface area contributed by atoms with E-state index in [1.165, 1.54) is 25.0 Å². The average molecular weight is 315 g/mol. The van der Waals surface area contributed by atoms with E-state index in [9.17, 15) is 8.42 Å². The Morgan fingerprint density at radius 3 is 2.55 bits per heavy atom. The van der Waals surface area contributed by atoms with Crippen molar-refractivity contribution in [1.29, 1.82) is 0 Å². The Balaban J connectivity index is 1.68. The molecule has 0 radical (unpaired) electrons. The van der Waals surface area contributed by atoms with Gasteiger partial charge in [-0.25, -0.2) is 18.1 Å². The molecule has 108 valence electrons. The minimum atomic E-state index is -3.62. The molecule has 0 aromatic heterocycles. The fourth-order valence-electron chi connectivity index (χ4n) is 2.00. The summed E-state index contributed by atoms with van der Waals surface area (Å²) in [5.41, 5.74) is 0. The van der Waals surface area contributed by atoms with Crippen molar-refractivity contribution >= 4 is 27.6 Å². The number of sulfonamides is 1. The number of hydrogen-bond acceptors (Lipinski definition) is 5. The minimum absolute atomic E-state index is 0.163. The quantitative estimate of drug-likeness (QED) is 0.871. The van der Waals surface area contributed by atoms with Crippen molar-refractivity contribution in [1.82, 2.24) is 14.9 Å². The average Bonchev–Trinajstić information content (AvgIpc) is 3.24. The van der Waals surface area contributed by atoms with Crippen LogP contribution >= 0.6 is 11.6 Å². The van der Waals surface area contributed by atoms with Gasteiger partial charge in [-0.3, -0.25) is 4.90 Å². The first-order valence-electron chi connectivity index (χ1n) is 6.35. The number of rotatable bonds is 3. The van der Waals surface area contributed by atoms with Gasteiger partial charge < -0.3 is 5.32 Å². The molecule has 1 aromatic carbocycles. The molecule has 20 heavy (non-hydrogen) atoms. The Hall–Kier alpha value is -1.31. The summed E-state index contributed by atoms with van der Waals surface area (Å²) < 4.78 is 26.8. The maximum absolute atomic E-state index is 12.2. The fraction of sp³-hybridized carbons (Fsp3) is 0.417. The van der Waals surface area contributed by atoms with Crippen LogP contribution in [0.2, 0.25) is 5.02 Å². The minimum Gasteiger partial charge on any atom is -0.343 e. The molecule has 1 aromatic rings. The largest absolute Gasteiger partial charge is 0.343 e. The molecule has 3 rings (SSSR count). The summed E-state index contributed by atoms with van der Waals surface area (Å²) in [5.74, 6) is 0.289. The number of benzene rings is 1. The highest BCUT2D eigenvalue weighted by molar-refractivity contribution is 7.90. The van der Waals surface area contributed by atoms with Gasteiger partial charge in [-0.15, -0.1) is 0 Å². The van der Waals surface area contributed by atoms with Gasteiger partial charge in [0.1, 0.15) is 0 Å². The molecule has 1 aliphatic heterocycles. The van der Waals surface area contributed by atoms with Crippen LogP contribution in [0.5, 0.6) is 0 Å². The third-order valence-electron chi connectivity index (χ3n) is 3.28. The molecule has 2 N–H and O–H groups in total. The second-order valence-electron chi connectivity index (χ2n) is 4.86. The molecule has 2 aliphatic rings. The Kier molecular flexibility index (Phi) is 3.57. The third-order valence-corrected chi connectivity index (χ3v) is 4.89. The highest BCUT2D eigenvalue weighted by Crippen LogP contribution is 2.26. The van der Waals surface area contributed by atoms with Crippen LogP contribution in [0, 0.1) is 0 Å². The van der Waals surface area contributed by atoms with Crippen LogP contribution < -0.4 is 10.0 Å². The molecule has 0 unspecified atom stereocenters. The lowest BCUT2D eigenvalue weighted by Crippen LogP contribution is -2.50. The summed E-state index contributed by atoms with van der Waals surface area (Å²) in [5, 5.41) is 3.48. The molecule has 6 nitrogen and oxygen atoms in total. The van der Waals surface area contributed by atoms with Gasteiger partial charge in [-0.2, -0.15) is 0 Å². The molecule has 0 saturated heterocycles. The van der Waals surface area contributed by atoms with E-state index in [4.69, 9.17) is 11.6 Å². The summed E-state index contributed by atoms with van der Waals surface area (Å²) >= 11 is 5.75. The maximum Gasteiger partial charge on any atom is 0.264 e. The Labute approximate surface area is 122 Å². The summed E-state index contributed by atoms with van der Waals surface area (Å²) in [7, 11) is -3.62. The first-order chi connectivity index (χ1) is 9.54. The molecule has 1 aliphatic carbocycles. The zero-order chi connectivity index (χ0) is 14.2. The van der Waals surface area contributed by atoms with Crippen molar-refractivity contribution < 1.29 is 8.42 Å². The molecule has 0 amide bonds. The summed E-state index contributed by atoms with van der Waals surface area (Å²) in [6, 6.07) is 6.61. The van der Waals surface area contributed by atoms with Crippen LogP contribution in [0.25, 0.3) is 0 Å². The molecule has 0 bridgehead atoms. The third kappa shape index (κ3) is 3.05. The summed E-state index contributed by atoms with van der Waals surface area (Å²) in [6.45, 7) is 1.14. The van der Waals surface area contributed by atoms with Crippen molar-refractivity contribution in [3.63, 3.8) is 0 Å². The predicted molar refractivity (Wildman–Crippen MR) is 76.9 cm³/mol. The van der Waals surface area contributed by atoms with Crippen LogP contribution in [0.15, 0.2) is 34.2 Å². The topological polar surface area (TPSA) is 73.8 Å². The van der Waals surface area contributed by atoms with E-state index >= 15 is 0 Å². The Morgan fingerprint density at radius 2 is 2.00 bits per heavy atom. The van der Waals surface area contributed by atoms with Crippen LogP contribution in [0.1, 0.15) is 12.8 Å². The standard InChI is InChI=1S/C12H15ClN4O2S/c13-9-1-5-11(6-2-9)20(18,19)16-12-14-7-17(8-15-12)10-3-4-10/h1-2,5-6,10H,3-4,7-8H2,(H2,14,15,16). The first kappa shape index (κ1) is 13.7. The van der Waals surface area contributed by atoms with E-state index < -0.39 is 10.0 Å². The van der Waals surface area contributed by atoms with Crippen molar-refractivity contribution in [3.05, 3.63) is 29.3 Å². The monoisotopic (exact) mass is 314 g/mol. The molecule has 1 saturated carbocycles. The van der Waals surface area contributed by atoms with E-state index in [2.05, 4.69) is 19.9 Å². The van der Waals surface area contributed by atoms with Gasteiger partial charge in [0.05, 0.1) is 18.2 Å². The van der Waals surface area contributed by atoms with E-state index in [1.54, 1.807) is 12.1 Å². The van der Waals surface area contributed by atoms with Crippen molar-refractivity contribution in [3.8, 4) is 0 Å². The lowest BCUT2D eigenvalue weighted by molar-refractivity contribution is 0.253. The number of halogens is 1. The van der Waals surface area contributed by atoms with E-state index in [-0.39, 0.29) is 10.9 Å². The van der Waals surface area contributed by atoms with Gasteiger partial charge in [-0.05, 0) is 37.1 Å². The molecular formula is C12H15ClN4O2S. The molecular weight excluding hydrogens is 300 g/mol. The molecule has 0 spiro atoms. The van der Waals surface area contributed by atoms with Crippen molar-refractivity contribution in [2.75, 3.05) is 13.3 Å². The number of aliphatic imine (C=N–C) groups is 1. The van der Waals surface area contributed by atoms with Gasteiger partial charge in [0.25, 0.3) is 10.0 Å². The SMILES string of the molecule is O=S(=O)(NC1=NCN(C2CC2)CN1)c1ccc(Cl)cc1. The number of nitrogens with one attached hydrogen (secondary N) is 2. The van der Waals surface area contributed by atoms with Gasteiger partial charge >= 0.3 is 0 Å². The lowest BCUT2D eigenvalue weighted by atomic mass is 10.4. The molecule has 8 heteroatoms. The van der Waals surface area contributed by atoms with Gasteiger partial charge in [0, 0.05) is 11.1 Å². The summed E-state index contributed by atoms with van der Waals surface area (Å²) in [6.07, 6.45) is 2.39. The Morgan fingerprint density at radius 1 is 1.30 bits per heavy atom. The number of nitrogens with zero attached hydrogens (tertiary/aromatic N) is 2. The van der Waals surface area contributed by atoms with Crippen LogP contribution in [0.4, 0.5) is 0 Å². The van der Waals surface area contributed by atoms with Crippen LogP contribution in [0.3, 0.4) is 0 Å². The second kappa shape index (κ2) is 5.23. The van der Waals surface area contributed by atoms with Crippen molar-refractivity contribution in [2.45, 2.75) is 23.8 Å². The van der Waals surface area contributed by atoms with Crippen molar-refractivity contribution in [2.24, 2.45) is 4.99 Å². The molecule has 1 heterocycles. The highest BCUT2D eigenvalue weighted by atomic mass is 35.5. The summed E-state index contributed by atoms with van der Waals surface area (Å²) in [4.78, 5) is 6.56.